The number of hydrogen-bond acceptors (Lipinski definition) is 2. The quantitative estimate of drug-likeness (QED) is 0.844. The van der Waals surface area contributed by atoms with Crippen molar-refractivity contribution in [2.45, 2.75) is 13.5 Å². The van der Waals surface area contributed by atoms with Crippen molar-refractivity contribution in [1.82, 2.24) is 0 Å². The van der Waals surface area contributed by atoms with E-state index in [-0.39, 0.29) is 0 Å². The van der Waals surface area contributed by atoms with Gasteiger partial charge in [-0.2, -0.15) is 0 Å². The van der Waals surface area contributed by atoms with Crippen molar-refractivity contribution in [2.75, 3.05) is 0 Å². The fraction of sp³-hybridized carbons (Fsp3) is 0.143. The van der Waals surface area contributed by atoms with Gasteiger partial charge in [0.1, 0.15) is 11.5 Å². The molecule has 4 heteroatoms. The van der Waals surface area contributed by atoms with Crippen LogP contribution in [-0.2, 0) is 6.54 Å². The van der Waals surface area contributed by atoms with Gasteiger partial charge >= 0.3 is 0 Å². The third-order valence-corrected chi connectivity index (χ3v) is 3.66. The first-order valence-corrected chi connectivity index (χ1v) is 7.11. The van der Waals surface area contributed by atoms with E-state index in [4.69, 9.17) is 10.5 Å². The average molecular weight is 371 g/mol. The molecule has 2 aromatic rings. The van der Waals surface area contributed by atoms with Crippen molar-refractivity contribution >= 4 is 31.9 Å². The lowest BCUT2D eigenvalue weighted by atomic mass is 10.1. The predicted molar refractivity (Wildman–Crippen MR) is 81.0 cm³/mol. The van der Waals surface area contributed by atoms with Crippen LogP contribution < -0.4 is 10.5 Å². The maximum absolute atomic E-state index is 5.89. The van der Waals surface area contributed by atoms with Gasteiger partial charge < -0.3 is 10.5 Å². The monoisotopic (exact) mass is 369 g/mol. The second kappa shape index (κ2) is 5.87. The second-order valence-corrected chi connectivity index (χ2v) is 5.76. The Balaban J connectivity index is 2.33. The van der Waals surface area contributed by atoms with Crippen LogP contribution in [0.2, 0.25) is 0 Å². The smallest absolute Gasteiger partial charge is 0.141 e. The van der Waals surface area contributed by atoms with Gasteiger partial charge in [-0.1, -0.05) is 33.6 Å². The molecular formula is C14H13Br2NO. The van der Waals surface area contributed by atoms with Gasteiger partial charge in [0.15, 0.2) is 0 Å². The van der Waals surface area contributed by atoms with E-state index < -0.39 is 0 Å². The van der Waals surface area contributed by atoms with Gasteiger partial charge in [-0.3, -0.25) is 0 Å². The van der Waals surface area contributed by atoms with E-state index in [1.165, 1.54) is 5.56 Å². The molecule has 0 aromatic heterocycles. The number of hydrogen-bond donors (Lipinski definition) is 1. The molecule has 94 valence electrons. The first-order chi connectivity index (χ1) is 8.60. The standard InChI is InChI=1S/C14H13Br2NO/c1-9-2-4-13(10(6-9)8-17)18-14-5-3-11(15)7-12(14)16/h2-7H,8,17H2,1H3. The van der Waals surface area contributed by atoms with E-state index in [2.05, 4.69) is 31.9 Å². The van der Waals surface area contributed by atoms with Crippen LogP contribution in [0, 0.1) is 6.92 Å². The third kappa shape index (κ3) is 3.13. The molecule has 0 heterocycles. The van der Waals surface area contributed by atoms with Crippen LogP contribution in [0.4, 0.5) is 0 Å². The molecule has 0 radical (unpaired) electrons. The fourth-order valence-electron chi connectivity index (χ4n) is 1.64. The van der Waals surface area contributed by atoms with E-state index in [0.717, 1.165) is 26.0 Å². The molecule has 2 N–H and O–H groups in total. The number of rotatable bonds is 3. The van der Waals surface area contributed by atoms with Gasteiger partial charge in [-0.25, -0.2) is 0 Å². The highest BCUT2D eigenvalue weighted by Crippen LogP contribution is 2.33. The van der Waals surface area contributed by atoms with Gasteiger partial charge in [0, 0.05) is 16.6 Å². The molecule has 0 bridgehead atoms. The van der Waals surface area contributed by atoms with Crippen molar-refractivity contribution < 1.29 is 4.74 Å². The lowest BCUT2D eigenvalue weighted by molar-refractivity contribution is 0.473. The minimum atomic E-state index is 0.463. The van der Waals surface area contributed by atoms with E-state index in [0.29, 0.717) is 6.54 Å². The minimum Gasteiger partial charge on any atom is -0.456 e. The van der Waals surface area contributed by atoms with Crippen molar-refractivity contribution in [3.8, 4) is 11.5 Å². The van der Waals surface area contributed by atoms with Crippen molar-refractivity contribution in [1.29, 1.82) is 0 Å². The number of ether oxygens (including phenoxy) is 1. The molecule has 0 saturated carbocycles. The molecule has 0 atom stereocenters. The first kappa shape index (κ1) is 13.6. The van der Waals surface area contributed by atoms with E-state index in [1.807, 2.05) is 43.3 Å². The number of halogens is 2. The predicted octanol–water partition coefficient (Wildman–Crippen LogP) is 4.77. The largest absolute Gasteiger partial charge is 0.456 e. The van der Waals surface area contributed by atoms with E-state index in [9.17, 15) is 0 Å². The molecule has 2 aromatic carbocycles. The first-order valence-electron chi connectivity index (χ1n) is 5.52. The summed E-state index contributed by atoms with van der Waals surface area (Å²) in [6, 6.07) is 11.8. The Hall–Kier alpha value is -0.840. The molecular weight excluding hydrogens is 358 g/mol. The van der Waals surface area contributed by atoms with Gasteiger partial charge in [0.25, 0.3) is 0 Å². The summed E-state index contributed by atoms with van der Waals surface area (Å²) in [5, 5.41) is 0. The zero-order valence-corrected chi connectivity index (χ0v) is 13.1. The summed E-state index contributed by atoms with van der Waals surface area (Å²) >= 11 is 6.89. The van der Waals surface area contributed by atoms with Crippen molar-refractivity contribution in [3.05, 3.63) is 56.5 Å². The molecule has 0 aliphatic heterocycles. The summed E-state index contributed by atoms with van der Waals surface area (Å²) in [7, 11) is 0. The molecule has 2 rings (SSSR count). The van der Waals surface area contributed by atoms with Gasteiger partial charge in [0.05, 0.1) is 4.47 Å². The van der Waals surface area contributed by atoms with Gasteiger partial charge in [-0.05, 0) is 47.1 Å². The Morgan fingerprint density at radius 3 is 2.44 bits per heavy atom. The zero-order chi connectivity index (χ0) is 13.1. The van der Waals surface area contributed by atoms with E-state index >= 15 is 0 Å². The summed E-state index contributed by atoms with van der Waals surface area (Å²) in [4.78, 5) is 0. The highest BCUT2D eigenvalue weighted by atomic mass is 79.9. The highest BCUT2D eigenvalue weighted by molar-refractivity contribution is 9.11. The molecule has 0 spiro atoms. The normalized spacial score (nSPS) is 10.4. The summed E-state index contributed by atoms with van der Waals surface area (Å²) in [5.41, 5.74) is 7.92. The average Bonchev–Trinajstić information content (AvgIpc) is 2.34. The molecule has 0 saturated heterocycles. The Kier molecular flexibility index (Phi) is 4.43. The number of benzene rings is 2. The summed E-state index contributed by atoms with van der Waals surface area (Å²) < 4.78 is 7.80. The summed E-state index contributed by atoms with van der Waals surface area (Å²) in [6.45, 7) is 2.50. The Bertz CT molecular complexity index is 570. The highest BCUT2D eigenvalue weighted by Gasteiger charge is 2.07. The number of nitrogens with two attached hydrogens (primary N) is 1. The third-order valence-electron chi connectivity index (χ3n) is 2.55. The zero-order valence-electron chi connectivity index (χ0n) is 9.91. The summed E-state index contributed by atoms with van der Waals surface area (Å²) in [5.74, 6) is 1.57. The molecule has 0 aliphatic carbocycles. The lowest BCUT2D eigenvalue weighted by Crippen LogP contribution is -2.00. The van der Waals surface area contributed by atoms with Crippen LogP contribution in [0.25, 0.3) is 0 Å². The summed E-state index contributed by atoms with van der Waals surface area (Å²) in [6.07, 6.45) is 0. The van der Waals surface area contributed by atoms with Crippen LogP contribution in [-0.4, -0.2) is 0 Å². The van der Waals surface area contributed by atoms with Gasteiger partial charge in [0.2, 0.25) is 0 Å². The molecule has 18 heavy (non-hydrogen) atoms. The van der Waals surface area contributed by atoms with Gasteiger partial charge in [-0.15, -0.1) is 0 Å². The molecule has 0 amide bonds. The van der Waals surface area contributed by atoms with Crippen LogP contribution in [0.1, 0.15) is 11.1 Å². The van der Waals surface area contributed by atoms with Crippen LogP contribution in [0.3, 0.4) is 0 Å². The minimum absolute atomic E-state index is 0.463. The van der Waals surface area contributed by atoms with Crippen LogP contribution >= 0.6 is 31.9 Å². The van der Waals surface area contributed by atoms with Crippen molar-refractivity contribution in [3.63, 3.8) is 0 Å². The Morgan fingerprint density at radius 2 is 1.78 bits per heavy atom. The maximum atomic E-state index is 5.89. The molecule has 0 fully saturated rings. The topological polar surface area (TPSA) is 35.2 Å². The Morgan fingerprint density at radius 1 is 1.06 bits per heavy atom. The fourth-order valence-corrected chi connectivity index (χ4v) is 2.77. The SMILES string of the molecule is Cc1ccc(Oc2ccc(Br)cc2Br)c(CN)c1. The van der Waals surface area contributed by atoms with E-state index in [1.54, 1.807) is 0 Å². The molecule has 0 aliphatic rings. The lowest BCUT2D eigenvalue weighted by Gasteiger charge is -2.12. The maximum Gasteiger partial charge on any atom is 0.141 e. The second-order valence-electron chi connectivity index (χ2n) is 3.99. The number of aryl methyl sites for hydroxylation is 1. The van der Waals surface area contributed by atoms with Crippen molar-refractivity contribution in [2.24, 2.45) is 5.73 Å². The van der Waals surface area contributed by atoms with Crippen LogP contribution in [0.5, 0.6) is 11.5 Å². The Labute approximate surface area is 123 Å². The van der Waals surface area contributed by atoms with Crippen LogP contribution in [0.15, 0.2) is 45.3 Å². The molecule has 0 unspecified atom stereocenters. The molecule has 2 nitrogen and oxygen atoms in total.